The van der Waals surface area contributed by atoms with E-state index in [0.29, 0.717) is 47.6 Å². The summed E-state index contributed by atoms with van der Waals surface area (Å²) >= 11 is 0. The summed E-state index contributed by atoms with van der Waals surface area (Å²) in [5.41, 5.74) is 2.58. The van der Waals surface area contributed by atoms with Gasteiger partial charge in [-0.25, -0.2) is 4.98 Å². The Morgan fingerprint density at radius 1 is 1.06 bits per heavy atom. The fraction of sp³-hybridized carbons (Fsp3) is 0.500. The zero-order valence-electron chi connectivity index (χ0n) is 20.5. The molecular formula is C26H37N5O2. The van der Waals surface area contributed by atoms with Crippen molar-refractivity contribution in [1.29, 1.82) is 0 Å². The minimum Gasteiger partial charge on any atom is -0.353 e. The Kier molecular flexibility index (Phi) is 8.44. The number of aryl methyl sites for hydroxylation is 1. The smallest absolute Gasteiger partial charge is 0.257 e. The predicted molar refractivity (Wildman–Crippen MR) is 134 cm³/mol. The average Bonchev–Trinajstić information content (AvgIpc) is 2.78. The van der Waals surface area contributed by atoms with E-state index in [0.717, 1.165) is 31.7 Å². The summed E-state index contributed by atoms with van der Waals surface area (Å²) < 4.78 is 0. The molecule has 0 unspecified atom stereocenters. The van der Waals surface area contributed by atoms with Gasteiger partial charge in [-0.1, -0.05) is 45.9 Å². The highest BCUT2D eigenvalue weighted by Crippen LogP contribution is 2.25. The minimum absolute atomic E-state index is 0.0366. The first kappa shape index (κ1) is 24.7. The van der Waals surface area contributed by atoms with Crippen LogP contribution < -0.4 is 15.5 Å². The van der Waals surface area contributed by atoms with Gasteiger partial charge in [-0.2, -0.15) is 0 Å². The lowest BCUT2D eigenvalue weighted by Crippen LogP contribution is -2.45. The van der Waals surface area contributed by atoms with Crippen LogP contribution in [0.3, 0.4) is 0 Å². The number of piperazine rings is 1. The topological polar surface area (TPSA) is 77.6 Å². The Hall–Kier alpha value is -2.93. The first-order valence-electron chi connectivity index (χ1n) is 11.9. The molecule has 0 atom stereocenters. The minimum atomic E-state index is -0.204. The summed E-state index contributed by atoms with van der Waals surface area (Å²) in [7, 11) is 0. The molecule has 2 amide bonds. The molecule has 0 radical (unpaired) electrons. The maximum absolute atomic E-state index is 13.8. The van der Waals surface area contributed by atoms with Gasteiger partial charge in [0.2, 0.25) is 0 Å². The highest BCUT2D eigenvalue weighted by atomic mass is 16.2. The van der Waals surface area contributed by atoms with E-state index < -0.39 is 0 Å². The second kappa shape index (κ2) is 11.3. The SMILES string of the molecule is Cc1ccccc1C(=O)Nc1cnc(N2CCNCC2)c(C(=O)N(CC(C)C)CC(C)C)c1. The third-order valence-electron chi connectivity index (χ3n) is 5.62. The predicted octanol–water partition coefficient (Wildman–Crippen LogP) is 3.81. The van der Waals surface area contributed by atoms with E-state index in [9.17, 15) is 9.59 Å². The Labute approximate surface area is 197 Å². The molecule has 2 heterocycles. The quantitative estimate of drug-likeness (QED) is 0.638. The van der Waals surface area contributed by atoms with Crippen LogP contribution >= 0.6 is 0 Å². The van der Waals surface area contributed by atoms with Crippen molar-refractivity contribution in [1.82, 2.24) is 15.2 Å². The van der Waals surface area contributed by atoms with Gasteiger partial charge in [-0.05, 0) is 36.5 Å². The molecule has 0 saturated carbocycles. The maximum atomic E-state index is 13.8. The summed E-state index contributed by atoms with van der Waals surface area (Å²) in [4.78, 5) is 35.4. The number of nitrogens with zero attached hydrogens (tertiary/aromatic N) is 3. The number of carbonyl (C=O) groups excluding carboxylic acids is 2. The van der Waals surface area contributed by atoms with E-state index >= 15 is 0 Å². The maximum Gasteiger partial charge on any atom is 0.257 e. The summed E-state index contributed by atoms with van der Waals surface area (Å²) in [5.74, 6) is 1.15. The van der Waals surface area contributed by atoms with Gasteiger partial charge in [0.05, 0.1) is 17.4 Å². The van der Waals surface area contributed by atoms with E-state index in [2.05, 4.69) is 48.2 Å². The molecule has 1 fully saturated rings. The summed E-state index contributed by atoms with van der Waals surface area (Å²) in [5, 5.41) is 6.29. The molecular weight excluding hydrogens is 414 g/mol. The molecule has 2 N–H and O–H groups in total. The third kappa shape index (κ3) is 6.54. The molecule has 7 nitrogen and oxygen atoms in total. The number of benzene rings is 1. The summed E-state index contributed by atoms with van der Waals surface area (Å²) in [6.07, 6.45) is 1.65. The molecule has 1 aliphatic rings. The number of nitrogens with one attached hydrogen (secondary N) is 2. The first-order valence-corrected chi connectivity index (χ1v) is 11.9. The summed E-state index contributed by atoms with van der Waals surface area (Å²) in [6, 6.07) is 9.25. The highest BCUT2D eigenvalue weighted by Gasteiger charge is 2.26. The average molecular weight is 452 g/mol. The molecule has 178 valence electrons. The molecule has 1 saturated heterocycles. The van der Waals surface area contributed by atoms with E-state index in [-0.39, 0.29) is 11.8 Å². The van der Waals surface area contributed by atoms with Crippen molar-refractivity contribution >= 4 is 23.3 Å². The van der Waals surface area contributed by atoms with Crippen molar-refractivity contribution < 1.29 is 9.59 Å². The van der Waals surface area contributed by atoms with Crippen LogP contribution in [0, 0.1) is 18.8 Å². The van der Waals surface area contributed by atoms with Gasteiger partial charge in [-0.3, -0.25) is 9.59 Å². The zero-order valence-corrected chi connectivity index (χ0v) is 20.5. The van der Waals surface area contributed by atoms with Gasteiger partial charge in [0.25, 0.3) is 11.8 Å². The lowest BCUT2D eigenvalue weighted by molar-refractivity contribution is 0.0715. The molecule has 3 rings (SSSR count). The van der Waals surface area contributed by atoms with Crippen LogP contribution in [0.2, 0.25) is 0 Å². The van der Waals surface area contributed by atoms with Crippen LogP contribution in [0.5, 0.6) is 0 Å². The number of anilines is 2. The van der Waals surface area contributed by atoms with Crippen molar-refractivity contribution in [2.75, 3.05) is 49.5 Å². The number of pyridine rings is 1. The van der Waals surface area contributed by atoms with Gasteiger partial charge in [-0.15, -0.1) is 0 Å². The van der Waals surface area contributed by atoms with Gasteiger partial charge in [0, 0.05) is 44.8 Å². The van der Waals surface area contributed by atoms with Crippen molar-refractivity contribution in [3.63, 3.8) is 0 Å². The number of amides is 2. The van der Waals surface area contributed by atoms with Crippen molar-refractivity contribution in [3.05, 3.63) is 53.2 Å². The van der Waals surface area contributed by atoms with Crippen LogP contribution in [0.4, 0.5) is 11.5 Å². The number of carbonyl (C=O) groups is 2. The van der Waals surface area contributed by atoms with Gasteiger partial charge < -0.3 is 20.4 Å². The summed E-state index contributed by atoms with van der Waals surface area (Å²) in [6.45, 7) is 15.0. The molecule has 7 heteroatoms. The Bertz CT molecular complexity index is 957. The second-order valence-electron chi connectivity index (χ2n) is 9.60. The lowest BCUT2D eigenvalue weighted by atomic mass is 10.1. The van der Waals surface area contributed by atoms with Gasteiger partial charge in [0.1, 0.15) is 5.82 Å². The van der Waals surface area contributed by atoms with Crippen molar-refractivity contribution in [2.45, 2.75) is 34.6 Å². The molecule has 1 aromatic carbocycles. The highest BCUT2D eigenvalue weighted by molar-refractivity contribution is 6.06. The number of rotatable bonds is 8. The van der Waals surface area contributed by atoms with E-state index in [4.69, 9.17) is 0 Å². The normalized spacial score (nSPS) is 14.0. The van der Waals surface area contributed by atoms with Crippen molar-refractivity contribution in [2.24, 2.45) is 11.8 Å². The Morgan fingerprint density at radius 2 is 1.70 bits per heavy atom. The van der Waals surface area contributed by atoms with Gasteiger partial charge >= 0.3 is 0 Å². The number of hydrogen-bond acceptors (Lipinski definition) is 5. The molecule has 0 aliphatic carbocycles. The Morgan fingerprint density at radius 3 is 2.30 bits per heavy atom. The van der Waals surface area contributed by atoms with Crippen LogP contribution in [-0.4, -0.2) is 61.0 Å². The van der Waals surface area contributed by atoms with Gasteiger partial charge in [0.15, 0.2) is 0 Å². The monoisotopic (exact) mass is 451 g/mol. The molecule has 0 spiro atoms. The zero-order chi connectivity index (χ0) is 24.0. The fourth-order valence-corrected chi connectivity index (χ4v) is 4.13. The fourth-order valence-electron chi connectivity index (χ4n) is 4.13. The standard InChI is InChI=1S/C26H37N5O2/c1-18(2)16-31(17-19(3)4)26(33)23-14-21(15-28-24(23)30-12-10-27-11-13-30)29-25(32)22-9-7-6-8-20(22)5/h6-9,14-15,18-19,27H,10-13,16-17H2,1-5H3,(H,29,32). The molecule has 1 aliphatic heterocycles. The Balaban J connectivity index is 1.96. The van der Waals surface area contributed by atoms with E-state index in [1.54, 1.807) is 18.3 Å². The molecule has 33 heavy (non-hydrogen) atoms. The molecule has 2 aromatic rings. The van der Waals surface area contributed by atoms with Crippen molar-refractivity contribution in [3.8, 4) is 0 Å². The first-order chi connectivity index (χ1) is 15.8. The van der Waals surface area contributed by atoms with Crippen LogP contribution in [0.25, 0.3) is 0 Å². The lowest BCUT2D eigenvalue weighted by Gasteiger charge is -2.32. The van der Waals surface area contributed by atoms with Crippen LogP contribution in [-0.2, 0) is 0 Å². The molecule has 0 bridgehead atoms. The van der Waals surface area contributed by atoms with Crippen LogP contribution in [0.15, 0.2) is 36.5 Å². The van der Waals surface area contributed by atoms with E-state index in [1.807, 2.05) is 30.0 Å². The largest absolute Gasteiger partial charge is 0.353 e. The number of hydrogen-bond donors (Lipinski definition) is 2. The second-order valence-corrected chi connectivity index (χ2v) is 9.60. The molecule has 1 aromatic heterocycles. The van der Waals surface area contributed by atoms with E-state index in [1.165, 1.54) is 0 Å². The number of aromatic nitrogens is 1. The van der Waals surface area contributed by atoms with Crippen LogP contribution in [0.1, 0.15) is 54.0 Å². The third-order valence-corrected chi connectivity index (χ3v) is 5.62.